The van der Waals surface area contributed by atoms with E-state index in [2.05, 4.69) is 15.2 Å². The third kappa shape index (κ3) is 2.97. The molecule has 1 aromatic heterocycles. The third-order valence-corrected chi connectivity index (χ3v) is 3.34. The van der Waals surface area contributed by atoms with Gasteiger partial charge in [0.1, 0.15) is 0 Å². The molecular formula is C14H17N3O3. The zero-order valence-corrected chi connectivity index (χ0v) is 11.2. The first-order valence-electron chi connectivity index (χ1n) is 6.77. The first kappa shape index (κ1) is 13.1. The van der Waals surface area contributed by atoms with Crippen molar-refractivity contribution in [1.82, 2.24) is 9.88 Å². The molecule has 1 aromatic carbocycles. The number of nitrogens with one attached hydrogen (secondary N) is 1. The predicted molar refractivity (Wildman–Crippen MR) is 76.0 cm³/mol. The van der Waals surface area contributed by atoms with Crippen molar-refractivity contribution in [2.45, 2.75) is 0 Å². The van der Waals surface area contributed by atoms with E-state index in [1.165, 1.54) is 0 Å². The molecule has 0 spiro atoms. The fourth-order valence-electron chi connectivity index (χ4n) is 2.24. The van der Waals surface area contributed by atoms with E-state index in [4.69, 9.17) is 9.15 Å². The molecule has 0 atom stereocenters. The van der Waals surface area contributed by atoms with Crippen LogP contribution in [0.15, 0.2) is 33.5 Å². The average molecular weight is 275 g/mol. The molecule has 0 bridgehead atoms. The molecule has 2 heterocycles. The predicted octanol–water partition coefficient (Wildman–Crippen LogP) is 0.932. The Morgan fingerprint density at radius 1 is 1.25 bits per heavy atom. The standard InChI is InChI=1S/C14H17N3O3/c18-13-11-3-1-2-4-12(11)16-14(20-13)15-5-6-17-7-9-19-10-8-17/h1-4H,5-10H2,(H,15,16). The number of benzene rings is 1. The van der Waals surface area contributed by atoms with Crippen molar-refractivity contribution in [2.75, 3.05) is 44.7 Å². The maximum absolute atomic E-state index is 11.8. The number of para-hydroxylation sites is 1. The Morgan fingerprint density at radius 3 is 2.90 bits per heavy atom. The Kier molecular flexibility index (Phi) is 3.94. The van der Waals surface area contributed by atoms with Gasteiger partial charge in [-0.25, -0.2) is 4.79 Å². The van der Waals surface area contributed by atoms with Crippen LogP contribution in [0.2, 0.25) is 0 Å². The fraction of sp³-hybridized carbons (Fsp3) is 0.429. The maximum Gasteiger partial charge on any atom is 0.348 e. The first-order valence-corrected chi connectivity index (χ1v) is 6.77. The van der Waals surface area contributed by atoms with Gasteiger partial charge in [-0.15, -0.1) is 0 Å². The lowest BCUT2D eigenvalue weighted by molar-refractivity contribution is 0.0398. The summed E-state index contributed by atoms with van der Waals surface area (Å²) in [4.78, 5) is 18.4. The highest BCUT2D eigenvalue weighted by atomic mass is 16.5. The van der Waals surface area contributed by atoms with Gasteiger partial charge in [-0.1, -0.05) is 12.1 Å². The topological polar surface area (TPSA) is 67.6 Å². The zero-order valence-electron chi connectivity index (χ0n) is 11.2. The van der Waals surface area contributed by atoms with Gasteiger partial charge in [-0.3, -0.25) is 4.90 Å². The van der Waals surface area contributed by atoms with E-state index in [1.54, 1.807) is 18.2 Å². The van der Waals surface area contributed by atoms with Crippen molar-refractivity contribution < 1.29 is 9.15 Å². The Balaban J connectivity index is 1.64. The van der Waals surface area contributed by atoms with E-state index in [0.717, 1.165) is 32.8 Å². The van der Waals surface area contributed by atoms with Crippen molar-refractivity contribution in [1.29, 1.82) is 0 Å². The van der Waals surface area contributed by atoms with Gasteiger partial charge in [0.25, 0.3) is 6.01 Å². The number of aromatic nitrogens is 1. The summed E-state index contributed by atoms with van der Waals surface area (Å²) in [5.74, 6) is 0. The maximum atomic E-state index is 11.8. The van der Waals surface area contributed by atoms with Crippen molar-refractivity contribution in [2.24, 2.45) is 0 Å². The Bertz CT molecular complexity index is 635. The fourth-order valence-corrected chi connectivity index (χ4v) is 2.24. The lowest BCUT2D eigenvalue weighted by Gasteiger charge is -2.26. The van der Waals surface area contributed by atoms with Gasteiger partial charge in [-0.2, -0.15) is 4.98 Å². The average Bonchev–Trinajstić information content (AvgIpc) is 2.48. The molecule has 1 N–H and O–H groups in total. The molecule has 0 amide bonds. The molecular weight excluding hydrogens is 258 g/mol. The second-order valence-electron chi connectivity index (χ2n) is 4.70. The summed E-state index contributed by atoms with van der Waals surface area (Å²) >= 11 is 0. The van der Waals surface area contributed by atoms with E-state index in [9.17, 15) is 4.79 Å². The smallest absolute Gasteiger partial charge is 0.348 e. The molecule has 6 nitrogen and oxygen atoms in total. The Morgan fingerprint density at radius 2 is 2.05 bits per heavy atom. The SMILES string of the molecule is O=c1oc(NCCN2CCOCC2)nc2ccccc12. The van der Waals surface area contributed by atoms with Gasteiger partial charge in [-0.05, 0) is 12.1 Å². The second-order valence-corrected chi connectivity index (χ2v) is 4.70. The van der Waals surface area contributed by atoms with E-state index in [-0.39, 0.29) is 11.6 Å². The van der Waals surface area contributed by atoms with Crippen LogP contribution in [0.25, 0.3) is 10.9 Å². The normalized spacial score (nSPS) is 16.4. The minimum atomic E-state index is -0.357. The molecule has 0 unspecified atom stereocenters. The number of hydrogen-bond acceptors (Lipinski definition) is 6. The van der Waals surface area contributed by atoms with E-state index < -0.39 is 0 Å². The van der Waals surface area contributed by atoms with Crippen LogP contribution in [0.3, 0.4) is 0 Å². The summed E-state index contributed by atoms with van der Waals surface area (Å²) in [6, 6.07) is 7.45. The summed E-state index contributed by atoms with van der Waals surface area (Å²) in [5.41, 5.74) is 0.294. The lowest BCUT2D eigenvalue weighted by Crippen LogP contribution is -2.39. The molecule has 6 heteroatoms. The minimum absolute atomic E-state index is 0.280. The summed E-state index contributed by atoms with van der Waals surface area (Å²) in [6.45, 7) is 5.01. The molecule has 1 saturated heterocycles. The summed E-state index contributed by atoms with van der Waals surface area (Å²) in [7, 11) is 0. The van der Waals surface area contributed by atoms with Crippen molar-refractivity contribution >= 4 is 16.9 Å². The number of rotatable bonds is 4. The van der Waals surface area contributed by atoms with Crippen molar-refractivity contribution in [3.8, 4) is 0 Å². The zero-order chi connectivity index (χ0) is 13.8. The largest absolute Gasteiger partial charge is 0.389 e. The summed E-state index contributed by atoms with van der Waals surface area (Å²) < 4.78 is 10.5. The molecule has 0 aliphatic carbocycles. The summed E-state index contributed by atoms with van der Waals surface area (Å²) in [5, 5.41) is 3.57. The lowest BCUT2D eigenvalue weighted by atomic mass is 10.2. The van der Waals surface area contributed by atoms with Gasteiger partial charge in [0.15, 0.2) is 0 Å². The van der Waals surface area contributed by atoms with Crippen LogP contribution in [0.5, 0.6) is 0 Å². The number of hydrogen-bond donors (Lipinski definition) is 1. The van der Waals surface area contributed by atoms with Gasteiger partial charge in [0.05, 0.1) is 24.1 Å². The monoisotopic (exact) mass is 275 g/mol. The van der Waals surface area contributed by atoms with Crippen LogP contribution in [0, 0.1) is 0 Å². The number of fused-ring (bicyclic) bond motifs is 1. The quantitative estimate of drug-likeness (QED) is 0.895. The van der Waals surface area contributed by atoms with Gasteiger partial charge in [0, 0.05) is 26.2 Å². The minimum Gasteiger partial charge on any atom is -0.389 e. The van der Waals surface area contributed by atoms with Gasteiger partial charge >= 0.3 is 5.63 Å². The highest BCUT2D eigenvalue weighted by molar-refractivity contribution is 5.77. The molecule has 1 aliphatic heterocycles. The number of anilines is 1. The second kappa shape index (κ2) is 6.02. The van der Waals surface area contributed by atoms with E-state index in [1.807, 2.05) is 6.07 Å². The molecule has 106 valence electrons. The first-order chi connectivity index (χ1) is 9.83. The van der Waals surface area contributed by atoms with Crippen molar-refractivity contribution in [3.05, 3.63) is 34.7 Å². The number of morpholine rings is 1. The molecule has 0 saturated carbocycles. The van der Waals surface area contributed by atoms with E-state index in [0.29, 0.717) is 17.4 Å². The molecule has 2 aromatic rings. The highest BCUT2D eigenvalue weighted by Gasteiger charge is 2.10. The molecule has 1 aliphatic rings. The van der Waals surface area contributed by atoms with Gasteiger partial charge < -0.3 is 14.5 Å². The molecule has 1 fully saturated rings. The summed E-state index contributed by atoms with van der Waals surface area (Å²) in [6.07, 6.45) is 0. The van der Waals surface area contributed by atoms with Crippen molar-refractivity contribution in [3.63, 3.8) is 0 Å². The Hall–Kier alpha value is -1.92. The van der Waals surface area contributed by atoms with Crippen LogP contribution >= 0.6 is 0 Å². The van der Waals surface area contributed by atoms with Gasteiger partial charge in [0.2, 0.25) is 0 Å². The highest BCUT2D eigenvalue weighted by Crippen LogP contribution is 2.09. The van der Waals surface area contributed by atoms with Crippen LogP contribution in [-0.2, 0) is 4.74 Å². The van der Waals surface area contributed by atoms with Crippen LogP contribution < -0.4 is 10.9 Å². The van der Waals surface area contributed by atoms with Crippen LogP contribution in [-0.4, -0.2) is 49.3 Å². The molecule has 3 rings (SSSR count). The van der Waals surface area contributed by atoms with Crippen LogP contribution in [0.1, 0.15) is 0 Å². The number of ether oxygens (including phenoxy) is 1. The van der Waals surface area contributed by atoms with Crippen LogP contribution in [0.4, 0.5) is 6.01 Å². The van der Waals surface area contributed by atoms with E-state index >= 15 is 0 Å². The number of nitrogens with zero attached hydrogens (tertiary/aromatic N) is 2. The molecule has 0 radical (unpaired) electrons. The Labute approximate surface area is 116 Å². The third-order valence-electron chi connectivity index (χ3n) is 3.34. The molecule has 20 heavy (non-hydrogen) atoms.